The predicted molar refractivity (Wildman–Crippen MR) is 138 cm³/mol. The number of oxazole rings is 1. The molecular weight excluding hydrogens is 493 g/mol. The van der Waals surface area contributed by atoms with E-state index in [0.29, 0.717) is 17.9 Å². The van der Waals surface area contributed by atoms with Crippen LogP contribution in [-0.2, 0) is 0 Å². The minimum atomic E-state index is -1.23. The van der Waals surface area contributed by atoms with Crippen LogP contribution < -0.4 is 10.2 Å². The zero-order chi connectivity index (χ0) is 26.2. The fraction of sp³-hybridized carbons (Fsp3) is 0.464. The molecule has 0 amide bonds. The monoisotopic (exact) mass is 524 g/mol. The van der Waals surface area contributed by atoms with Gasteiger partial charge in [0, 0.05) is 25.2 Å². The van der Waals surface area contributed by atoms with Crippen LogP contribution in [0.3, 0.4) is 0 Å². The van der Waals surface area contributed by atoms with Crippen LogP contribution in [0.2, 0.25) is 0 Å². The van der Waals surface area contributed by atoms with Gasteiger partial charge in [-0.2, -0.15) is 5.10 Å². The summed E-state index contributed by atoms with van der Waals surface area (Å²) < 4.78 is 48.8. The van der Waals surface area contributed by atoms with E-state index in [0.717, 1.165) is 62.7 Å². The van der Waals surface area contributed by atoms with Crippen molar-refractivity contribution in [1.82, 2.24) is 19.6 Å². The zero-order valence-corrected chi connectivity index (χ0v) is 21.3. The van der Waals surface area contributed by atoms with E-state index in [9.17, 15) is 13.2 Å². The van der Waals surface area contributed by atoms with Gasteiger partial charge in [-0.1, -0.05) is 12.8 Å². The topological polar surface area (TPSA) is 71.5 Å². The van der Waals surface area contributed by atoms with Crippen molar-refractivity contribution in [2.24, 2.45) is 11.8 Å². The summed E-state index contributed by atoms with van der Waals surface area (Å²) in [5.74, 6) is -1.38. The number of nitrogens with zero attached hydrogens (tertiary/aromatic N) is 5. The number of rotatable bonds is 6. The van der Waals surface area contributed by atoms with E-state index < -0.39 is 17.5 Å². The molecule has 0 bridgehead atoms. The Morgan fingerprint density at radius 2 is 1.87 bits per heavy atom. The van der Waals surface area contributed by atoms with Crippen LogP contribution in [-0.4, -0.2) is 38.7 Å². The third-order valence-corrected chi connectivity index (χ3v) is 7.94. The minimum Gasteiger partial charge on any atom is -0.423 e. The first-order valence-electron chi connectivity index (χ1n) is 13.4. The number of fused-ring (bicyclic) bond motifs is 1. The second-order valence-electron chi connectivity index (χ2n) is 10.6. The first-order valence-corrected chi connectivity index (χ1v) is 13.4. The standard InChI is InChI=1S/C28H31F3N6O/c1-17-33-27-9-8-20(16-37(27)35-17)36-10-4-5-18(15-36)11-19-6-2-3-7-25(19)34-28-32-14-26(38-28)21-12-23(30)24(31)13-22(21)29/h8-9,12-14,16,18-19,25H,2-7,10-11,15H2,1H3,(H,32,34)/t18-,19+,25-/m1/s1. The van der Waals surface area contributed by atoms with Crippen molar-refractivity contribution in [2.45, 2.75) is 57.9 Å². The maximum absolute atomic E-state index is 14.2. The van der Waals surface area contributed by atoms with Crippen molar-refractivity contribution in [3.05, 3.63) is 59.9 Å². The molecule has 200 valence electrons. The number of piperidine rings is 1. The van der Waals surface area contributed by atoms with Gasteiger partial charge in [-0.25, -0.2) is 27.7 Å². The smallest absolute Gasteiger partial charge is 0.295 e. The molecular formula is C28H31F3N6O. The minimum absolute atomic E-state index is 0.0683. The lowest BCUT2D eigenvalue weighted by Crippen LogP contribution is -2.39. The third kappa shape index (κ3) is 5.08. The number of aromatic nitrogens is 4. The molecule has 0 spiro atoms. The van der Waals surface area contributed by atoms with Gasteiger partial charge in [0.05, 0.1) is 23.6 Å². The number of hydrogen-bond acceptors (Lipinski definition) is 6. The van der Waals surface area contributed by atoms with Crippen molar-refractivity contribution in [3.8, 4) is 11.3 Å². The first-order chi connectivity index (χ1) is 18.4. The lowest BCUT2D eigenvalue weighted by Gasteiger charge is -2.39. The second-order valence-corrected chi connectivity index (χ2v) is 10.6. The van der Waals surface area contributed by atoms with E-state index in [1.54, 1.807) is 0 Å². The molecule has 1 aliphatic heterocycles. The third-order valence-electron chi connectivity index (χ3n) is 7.94. The molecule has 4 heterocycles. The summed E-state index contributed by atoms with van der Waals surface area (Å²) in [7, 11) is 0. The van der Waals surface area contributed by atoms with Gasteiger partial charge >= 0.3 is 0 Å². The molecule has 1 saturated heterocycles. The van der Waals surface area contributed by atoms with E-state index in [4.69, 9.17) is 4.42 Å². The van der Waals surface area contributed by atoms with Crippen molar-refractivity contribution in [1.29, 1.82) is 0 Å². The SMILES string of the molecule is Cc1nc2ccc(N3CCC[C@H](C[C@@H]4CCCC[C@H]4Nc4ncc(-c5cc(F)c(F)cc5F)o4)C3)cn2n1. The predicted octanol–water partition coefficient (Wildman–Crippen LogP) is 6.39. The number of aryl methyl sites for hydroxylation is 1. The van der Waals surface area contributed by atoms with E-state index in [2.05, 4.69) is 37.5 Å². The fourth-order valence-corrected chi connectivity index (χ4v) is 6.11. The van der Waals surface area contributed by atoms with Gasteiger partial charge in [0.2, 0.25) is 0 Å². The van der Waals surface area contributed by atoms with Gasteiger partial charge in [0.1, 0.15) is 11.6 Å². The average molecular weight is 525 g/mol. The Labute approximate surface area is 219 Å². The Morgan fingerprint density at radius 3 is 2.76 bits per heavy atom. The van der Waals surface area contributed by atoms with Crippen LogP contribution >= 0.6 is 0 Å². The zero-order valence-electron chi connectivity index (χ0n) is 21.3. The Balaban J connectivity index is 1.12. The molecule has 3 atom stereocenters. The van der Waals surface area contributed by atoms with Gasteiger partial charge in [-0.05, 0) is 69.1 Å². The van der Waals surface area contributed by atoms with Gasteiger partial charge in [-0.15, -0.1) is 0 Å². The molecule has 1 saturated carbocycles. The molecule has 7 nitrogen and oxygen atoms in total. The van der Waals surface area contributed by atoms with Crippen LogP contribution in [0.25, 0.3) is 17.0 Å². The Morgan fingerprint density at radius 1 is 1.03 bits per heavy atom. The summed E-state index contributed by atoms with van der Waals surface area (Å²) in [6.07, 6.45) is 11.3. The van der Waals surface area contributed by atoms with E-state index in [-0.39, 0.29) is 23.4 Å². The maximum Gasteiger partial charge on any atom is 0.295 e. The lowest BCUT2D eigenvalue weighted by molar-refractivity contribution is 0.245. The average Bonchev–Trinajstić information content (AvgIpc) is 3.52. The highest BCUT2D eigenvalue weighted by molar-refractivity contribution is 5.58. The largest absolute Gasteiger partial charge is 0.423 e. The van der Waals surface area contributed by atoms with Gasteiger partial charge in [0.15, 0.2) is 23.0 Å². The molecule has 10 heteroatoms. The Bertz CT molecular complexity index is 1440. The number of halogens is 3. The van der Waals surface area contributed by atoms with Crippen molar-refractivity contribution >= 4 is 17.3 Å². The van der Waals surface area contributed by atoms with Crippen LogP contribution in [0, 0.1) is 36.2 Å². The van der Waals surface area contributed by atoms with E-state index in [1.807, 2.05) is 17.5 Å². The summed E-state index contributed by atoms with van der Waals surface area (Å²) in [5.41, 5.74) is 1.88. The van der Waals surface area contributed by atoms with Gasteiger partial charge in [0.25, 0.3) is 6.01 Å². The summed E-state index contributed by atoms with van der Waals surface area (Å²) in [4.78, 5) is 11.1. The number of benzene rings is 1. The summed E-state index contributed by atoms with van der Waals surface area (Å²) >= 11 is 0. The molecule has 1 aliphatic carbocycles. The highest BCUT2D eigenvalue weighted by Gasteiger charge is 2.31. The van der Waals surface area contributed by atoms with E-state index in [1.165, 1.54) is 24.7 Å². The first kappa shape index (κ1) is 24.8. The van der Waals surface area contributed by atoms with Gasteiger partial charge in [-0.3, -0.25) is 0 Å². The van der Waals surface area contributed by atoms with Crippen LogP contribution in [0.15, 0.2) is 41.1 Å². The molecule has 6 rings (SSSR count). The molecule has 2 aliphatic rings. The maximum atomic E-state index is 14.2. The highest BCUT2D eigenvalue weighted by atomic mass is 19.2. The Kier molecular flexibility index (Phi) is 6.71. The molecule has 0 radical (unpaired) electrons. The summed E-state index contributed by atoms with van der Waals surface area (Å²) in [5, 5.41) is 7.89. The van der Waals surface area contributed by atoms with Crippen molar-refractivity contribution in [2.75, 3.05) is 23.3 Å². The van der Waals surface area contributed by atoms with Crippen molar-refractivity contribution in [3.63, 3.8) is 0 Å². The second kappa shape index (κ2) is 10.3. The number of hydrogen-bond donors (Lipinski definition) is 1. The summed E-state index contributed by atoms with van der Waals surface area (Å²) in [6.45, 7) is 3.93. The van der Waals surface area contributed by atoms with Crippen LogP contribution in [0.4, 0.5) is 24.9 Å². The molecule has 1 aromatic carbocycles. The number of anilines is 2. The highest BCUT2D eigenvalue weighted by Crippen LogP contribution is 2.36. The molecule has 3 aromatic heterocycles. The normalized spacial score (nSPS) is 22.2. The fourth-order valence-electron chi connectivity index (χ4n) is 6.11. The lowest BCUT2D eigenvalue weighted by atomic mass is 9.77. The molecule has 38 heavy (non-hydrogen) atoms. The molecule has 2 fully saturated rings. The molecule has 0 unspecified atom stereocenters. The number of nitrogens with one attached hydrogen (secondary N) is 1. The van der Waals surface area contributed by atoms with Crippen molar-refractivity contribution < 1.29 is 17.6 Å². The van der Waals surface area contributed by atoms with E-state index >= 15 is 0 Å². The quantitative estimate of drug-likeness (QED) is 0.295. The number of pyridine rings is 1. The van der Waals surface area contributed by atoms with Crippen LogP contribution in [0.1, 0.15) is 50.8 Å². The molecule has 1 N–H and O–H groups in total. The summed E-state index contributed by atoms with van der Waals surface area (Å²) in [6, 6.07) is 5.95. The van der Waals surface area contributed by atoms with Gasteiger partial charge < -0.3 is 14.6 Å². The molecule has 4 aromatic rings. The van der Waals surface area contributed by atoms with Crippen LogP contribution in [0.5, 0.6) is 0 Å². The Hall–Kier alpha value is -3.56.